The molecule has 0 atom stereocenters. The topological polar surface area (TPSA) is 41.9 Å². The molecule has 8 heteroatoms. The van der Waals surface area contributed by atoms with Crippen LogP contribution >= 0.6 is 50.7 Å². The van der Waals surface area contributed by atoms with E-state index in [1.807, 2.05) is 36.4 Å². The molecular weight excluding hydrogens is 535 g/mol. The van der Waals surface area contributed by atoms with Gasteiger partial charge in [-0.25, -0.2) is 0 Å². The minimum absolute atomic E-state index is 0.196. The van der Waals surface area contributed by atoms with Gasteiger partial charge in [-0.2, -0.15) is 10.1 Å². The first-order valence-corrected chi connectivity index (χ1v) is 11.5. The van der Waals surface area contributed by atoms with Gasteiger partial charge in [0.25, 0.3) is 5.91 Å². The number of hydrogen-bond acceptors (Lipinski definition) is 3. The Morgan fingerprint density at radius 2 is 1.78 bits per heavy atom. The number of anilines is 1. The molecule has 0 saturated carbocycles. The number of rotatable bonds is 5. The summed E-state index contributed by atoms with van der Waals surface area (Å²) >= 11 is 22.2. The van der Waals surface area contributed by atoms with Crippen molar-refractivity contribution >= 4 is 74.1 Å². The lowest BCUT2D eigenvalue weighted by atomic mass is 10.1. The maximum atomic E-state index is 12.9. The summed E-state index contributed by atoms with van der Waals surface area (Å²) in [5.41, 5.74) is 3.37. The zero-order chi connectivity index (χ0) is 22.8. The quantitative estimate of drug-likeness (QED) is 0.304. The molecule has 162 valence electrons. The number of halogens is 4. The van der Waals surface area contributed by atoms with Gasteiger partial charge in [0.05, 0.1) is 26.5 Å². The Balaban J connectivity index is 1.56. The van der Waals surface area contributed by atoms with E-state index in [1.54, 1.807) is 37.3 Å². The number of carbonyl (C=O) groups excluding carboxylic acids is 1. The molecule has 1 aliphatic heterocycles. The van der Waals surface area contributed by atoms with E-state index in [1.165, 1.54) is 5.01 Å². The van der Waals surface area contributed by atoms with Gasteiger partial charge < -0.3 is 4.74 Å². The molecule has 0 fully saturated rings. The molecule has 4 nitrogen and oxygen atoms in total. The number of nitrogens with zero attached hydrogens (tertiary/aromatic N) is 2. The van der Waals surface area contributed by atoms with Crippen LogP contribution < -0.4 is 9.75 Å². The highest BCUT2D eigenvalue weighted by Gasteiger charge is 2.28. The van der Waals surface area contributed by atoms with Crippen LogP contribution in [0.25, 0.3) is 6.08 Å². The molecule has 32 heavy (non-hydrogen) atoms. The van der Waals surface area contributed by atoms with Crippen LogP contribution in [0.1, 0.15) is 18.1 Å². The third kappa shape index (κ3) is 4.86. The molecule has 0 saturated heterocycles. The van der Waals surface area contributed by atoms with E-state index in [2.05, 4.69) is 21.0 Å². The van der Waals surface area contributed by atoms with Crippen molar-refractivity contribution < 1.29 is 9.53 Å². The zero-order valence-corrected chi connectivity index (χ0v) is 20.6. The van der Waals surface area contributed by atoms with Crippen LogP contribution in [0.5, 0.6) is 5.75 Å². The van der Waals surface area contributed by atoms with E-state index in [9.17, 15) is 4.79 Å². The highest BCUT2D eigenvalue weighted by molar-refractivity contribution is 9.10. The van der Waals surface area contributed by atoms with Gasteiger partial charge in [0, 0.05) is 15.6 Å². The predicted octanol–water partition coefficient (Wildman–Crippen LogP) is 7.79. The Bertz CT molecular complexity index is 1240. The van der Waals surface area contributed by atoms with E-state index >= 15 is 0 Å². The van der Waals surface area contributed by atoms with Crippen molar-refractivity contribution in [3.8, 4) is 5.75 Å². The Kier molecular flexibility index (Phi) is 6.91. The fourth-order valence-corrected chi connectivity index (χ4v) is 4.64. The first-order chi connectivity index (χ1) is 15.3. The summed E-state index contributed by atoms with van der Waals surface area (Å²) in [5.74, 6) is 0.285. The molecule has 3 aromatic rings. The predicted molar refractivity (Wildman–Crippen MR) is 135 cm³/mol. The molecule has 4 rings (SSSR count). The molecule has 0 aliphatic carbocycles. The minimum Gasteiger partial charge on any atom is -0.486 e. The summed E-state index contributed by atoms with van der Waals surface area (Å²) in [4.78, 5) is 12.9. The SMILES string of the molecule is CC1=NN(c2ccccc2)C(=O)/C1=C/c1cc(Cl)c(OCc2ccc(Cl)cc2Cl)c(Br)c1. The van der Waals surface area contributed by atoms with Gasteiger partial charge in [-0.15, -0.1) is 0 Å². The molecule has 0 bridgehead atoms. The smallest absolute Gasteiger partial charge is 0.280 e. The standard InChI is InChI=1S/C24H16BrCl3N2O2/c1-14-19(24(31)30(29-14)18-5-3-2-4-6-18)9-15-10-20(25)23(22(28)11-15)32-13-16-7-8-17(26)12-21(16)27/h2-12H,13H2,1H3/b19-9+. The van der Waals surface area contributed by atoms with Crippen molar-refractivity contribution in [1.82, 2.24) is 0 Å². The number of para-hydroxylation sites is 1. The van der Waals surface area contributed by atoms with Gasteiger partial charge in [-0.05, 0) is 70.9 Å². The van der Waals surface area contributed by atoms with Gasteiger partial charge >= 0.3 is 0 Å². The summed E-state index contributed by atoms with van der Waals surface area (Å²) in [7, 11) is 0. The summed E-state index contributed by atoms with van der Waals surface area (Å²) in [5, 5.41) is 7.27. The molecule has 3 aromatic carbocycles. The van der Waals surface area contributed by atoms with Crippen LogP contribution in [-0.4, -0.2) is 11.6 Å². The molecule has 1 heterocycles. The van der Waals surface area contributed by atoms with Crippen molar-refractivity contribution in [2.45, 2.75) is 13.5 Å². The van der Waals surface area contributed by atoms with Gasteiger partial charge in [-0.3, -0.25) is 4.79 Å². The number of ether oxygens (including phenoxy) is 1. The van der Waals surface area contributed by atoms with E-state index < -0.39 is 0 Å². The normalized spacial score (nSPS) is 14.8. The average molecular weight is 551 g/mol. The van der Waals surface area contributed by atoms with Gasteiger partial charge in [0.1, 0.15) is 6.61 Å². The highest BCUT2D eigenvalue weighted by atomic mass is 79.9. The lowest BCUT2D eigenvalue weighted by Gasteiger charge is -2.13. The second-order valence-corrected chi connectivity index (χ2v) is 9.14. The van der Waals surface area contributed by atoms with Gasteiger partial charge in [0.2, 0.25) is 0 Å². The minimum atomic E-state index is -0.196. The van der Waals surface area contributed by atoms with Crippen LogP contribution in [0, 0.1) is 0 Å². The van der Waals surface area contributed by atoms with Gasteiger partial charge in [-0.1, -0.05) is 59.1 Å². The molecule has 0 N–H and O–H groups in total. The Hall–Kier alpha value is -2.31. The third-order valence-electron chi connectivity index (χ3n) is 4.78. The van der Waals surface area contributed by atoms with Gasteiger partial charge in [0.15, 0.2) is 5.75 Å². The third-order valence-corrected chi connectivity index (χ3v) is 6.24. The molecule has 0 unspecified atom stereocenters. The second-order valence-electron chi connectivity index (χ2n) is 7.03. The van der Waals surface area contributed by atoms with Crippen molar-refractivity contribution in [3.05, 3.63) is 96.9 Å². The molecule has 1 amide bonds. The second kappa shape index (κ2) is 9.67. The Morgan fingerprint density at radius 1 is 1.03 bits per heavy atom. The molecule has 0 spiro atoms. The fraction of sp³-hybridized carbons (Fsp3) is 0.0833. The monoisotopic (exact) mass is 548 g/mol. The van der Waals surface area contributed by atoms with Crippen LogP contribution in [0.3, 0.4) is 0 Å². The summed E-state index contributed by atoms with van der Waals surface area (Å²) in [6.45, 7) is 2.03. The van der Waals surface area contributed by atoms with E-state index in [0.29, 0.717) is 42.3 Å². The van der Waals surface area contributed by atoms with Crippen LogP contribution in [0.2, 0.25) is 15.1 Å². The molecule has 0 aromatic heterocycles. The molecule has 0 radical (unpaired) electrons. The number of hydrazone groups is 1. The summed E-state index contributed by atoms with van der Waals surface area (Å²) in [6, 6.07) is 18.1. The Labute approximate surface area is 209 Å². The summed E-state index contributed by atoms with van der Waals surface area (Å²) in [6.07, 6.45) is 1.76. The number of carbonyl (C=O) groups is 1. The molecule has 1 aliphatic rings. The van der Waals surface area contributed by atoms with E-state index in [-0.39, 0.29) is 12.5 Å². The van der Waals surface area contributed by atoms with Crippen LogP contribution in [0.4, 0.5) is 5.69 Å². The van der Waals surface area contributed by atoms with Crippen LogP contribution in [-0.2, 0) is 11.4 Å². The number of benzene rings is 3. The fourth-order valence-electron chi connectivity index (χ4n) is 3.18. The first kappa shape index (κ1) is 22.9. The van der Waals surface area contributed by atoms with Crippen molar-refractivity contribution in [2.24, 2.45) is 5.10 Å². The lowest BCUT2D eigenvalue weighted by Crippen LogP contribution is -2.21. The lowest BCUT2D eigenvalue weighted by molar-refractivity contribution is -0.114. The van der Waals surface area contributed by atoms with Crippen molar-refractivity contribution in [3.63, 3.8) is 0 Å². The van der Waals surface area contributed by atoms with E-state index in [0.717, 1.165) is 11.1 Å². The zero-order valence-electron chi connectivity index (χ0n) is 16.8. The highest BCUT2D eigenvalue weighted by Crippen LogP contribution is 2.37. The maximum Gasteiger partial charge on any atom is 0.280 e. The van der Waals surface area contributed by atoms with Crippen molar-refractivity contribution in [2.75, 3.05) is 5.01 Å². The van der Waals surface area contributed by atoms with E-state index in [4.69, 9.17) is 39.5 Å². The molecular formula is C24H16BrCl3N2O2. The average Bonchev–Trinajstić information content (AvgIpc) is 3.03. The largest absolute Gasteiger partial charge is 0.486 e. The van der Waals surface area contributed by atoms with Crippen molar-refractivity contribution in [1.29, 1.82) is 0 Å². The number of amides is 1. The number of hydrogen-bond donors (Lipinski definition) is 0. The first-order valence-electron chi connectivity index (χ1n) is 9.56. The summed E-state index contributed by atoms with van der Waals surface area (Å²) < 4.78 is 6.55. The maximum absolute atomic E-state index is 12.9. The Morgan fingerprint density at radius 3 is 2.47 bits per heavy atom. The van der Waals surface area contributed by atoms with Crippen LogP contribution in [0.15, 0.2) is 75.8 Å².